The lowest BCUT2D eigenvalue weighted by molar-refractivity contribution is 0.0624. The number of amides is 1. The Hall–Kier alpha value is -2.73. The summed E-state index contributed by atoms with van der Waals surface area (Å²) in [7, 11) is 1.96. The van der Waals surface area contributed by atoms with Gasteiger partial charge in [0, 0.05) is 57.6 Å². The average Bonchev–Trinajstić information content (AvgIpc) is 3.07. The number of fused-ring (bicyclic) bond motifs is 1. The number of aryl methyl sites for hydroxylation is 2. The van der Waals surface area contributed by atoms with E-state index in [0.717, 1.165) is 49.2 Å². The molecule has 1 amide bonds. The zero-order valence-electron chi connectivity index (χ0n) is 15.2. The minimum atomic E-state index is 0.0842. The summed E-state index contributed by atoms with van der Waals surface area (Å²) < 4.78 is 1.90. The van der Waals surface area contributed by atoms with Crippen molar-refractivity contribution in [2.24, 2.45) is 7.05 Å². The highest BCUT2D eigenvalue weighted by Crippen LogP contribution is 2.21. The zero-order chi connectivity index (χ0) is 18.1. The summed E-state index contributed by atoms with van der Waals surface area (Å²) in [5.41, 5.74) is 3.85. The van der Waals surface area contributed by atoms with Crippen LogP contribution in [0.1, 0.15) is 21.6 Å². The number of piperazine rings is 1. The molecule has 0 aliphatic carbocycles. The standard InChI is InChI=1S/C20H23N5O/c1-15-17-5-3-4-6-19(17)21-13-18(15)20(26)25-11-9-24(10-12-25)14-16-7-8-22-23(16)2/h3-8,13H,9-12,14H2,1-2H3. The Kier molecular flexibility index (Phi) is 4.42. The third kappa shape index (κ3) is 3.08. The molecule has 0 radical (unpaired) electrons. The molecule has 1 fully saturated rings. The van der Waals surface area contributed by atoms with Crippen LogP contribution in [0.5, 0.6) is 0 Å². The molecule has 134 valence electrons. The number of hydrogen-bond donors (Lipinski definition) is 0. The van der Waals surface area contributed by atoms with Crippen molar-refractivity contribution in [3.05, 3.63) is 59.5 Å². The van der Waals surface area contributed by atoms with Gasteiger partial charge in [-0.05, 0) is 24.6 Å². The van der Waals surface area contributed by atoms with Gasteiger partial charge in [0.2, 0.25) is 0 Å². The van der Waals surface area contributed by atoms with Crippen LogP contribution in [0.25, 0.3) is 10.9 Å². The maximum Gasteiger partial charge on any atom is 0.255 e. The normalized spacial score (nSPS) is 15.5. The van der Waals surface area contributed by atoms with Crippen molar-refractivity contribution >= 4 is 16.8 Å². The molecule has 0 spiro atoms. The van der Waals surface area contributed by atoms with Gasteiger partial charge in [-0.25, -0.2) is 0 Å². The maximum absolute atomic E-state index is 13.0. The van der Waals surface area contributed by atoms with E-state index >= 15 is 0 Å². The van der Waals surface area contributed by atoms with E-state index in [4.69, 9.17) is 0 Å². The lowest BCUT2D eigenvalue weighted by atomic mass is 10.0. The van der Waals surface area contributed by atoms with Crippen molar-refractivity contribution in [2.45, 2.75) is 13.5 Å². The van der Waals surface area contributed by atoms with E-state index in [1.54, 1.807) is 6.20 Å². The molecule has 1 saturated heterocycles. The smallest absolute Gasteiger partial charge is 0.255 e. The molecule has 26 heavy (non-hydrogen) atoms. The van der Waals surface area contributed by atoms with Crippen LogP contribution in [0, 0.1) is 6.92 Å². The summed E-state index contributed by atoms with van der Waals surface area (Å²) >= 11 is 0. The monoisotopic (exact) mass is 349 g/mol. The summed E-state index contributed by atoms with van der Waals surface area (Å²) in [6.07, 6.45) is 3.55. The number of para-hydroxylation sites is 1. The van der Waals surface area contributed by atoms with Gasteiger partial charge in [0.1, 0.15) is 0 Å². The Morgan fingerprint density at radius 3 is 2.62 bits per heavy atom. The summed E-state index contributed by atoms with van der Waals surface area (Å²) in [6.45, 7) is 6.10. The largest absolute Gasteiger partial charge is 0.336 e. The van der Waals surface area contributed by atoms with E-state index in [1.165, 1.54) is 5.69 Å². The molecule has 0 saturated carbocycles. The number of benzene rings is 1. The third-order valence-electron chi connectivity index (χ3n) is 5.24. The Morgan fingerprint density at radius 1 is 1.12 bits per heavy atom. The second-order valence-electron chi connectivity index (χ2n) is 6.83. The first-order valence-electron chi connectivity index (χ1n) is 8.96. The summed E-state index contributed by atoms with van der Waals surface area (Å²) in [5.74, 6) is 0.0842. The fourth-order valence-electron chi connectivity index (χ4n) is 3.56. The van der Waals surface area contributed by atoms with Crippen LogP contribution >= 0.6 is 0 Å². The topological polar surface area (TPSA) is 54.3 Å². The highest BCUT2D eigenvalue weighted by Gasteiger charge is 2.24. The van der Waals surface area contributed by atoms with Crippen molar-refractivity contribution < 1.29 is 4.79 Å². The lowest BCUT2D eigenvalue weighted by Crippen LogP contribution is -2.48. The predicted octanol–water partition coefficient (Wildman–Crippen LogP) is 2.23. The van der Waals surface area contributed by atoms with E-state index in [0.29, 0.717) is 5.56 Å². The molecule has 6 heteroatoms. The van der Waals surface area contributed by atoms with Gasteiger partial charge in [-0.3, -0.25) is 19.4 Å². The number of nitrogens with zero attached hydrogens (tertiary/aromatic N) is 5. The van der Waals surface area contributed by atoms with Crippen molar-refractivity contribution in [3.8, 4) is 0 Å². The SMILES string of the molecule is Cc1c(C(=O)N2CCN(Cc3ccnn3C)CC2)cnc2ccccc12. The quantitative estimate of drug-likeness (QED) is 0.728. The number of pyridine rings is 1. The van der Waals surface area contributed by atoms with Gasteiger partial charge in [-0.15, -0.1) is 0 Å². The molecule has 0 unspecified atom stereocenters. The third-order valence-corrected chi connectivity index (χ3v) is 5.24. The van der Waals surface area contributed by atoms with Gasteiger partial charge >= 0.3 is 0 Å². The summed E-state index contributed by atoms with van der Waals surface area (Å²) in [6, 6.07) is 10.0. The van der Waals surface area contributed by atoms with E-state index in [9.17, 15) is 4.79 Å². The van der Waals surface area contributed by atoms with Crippen LogP contribution in [-0.2, 0) is 13.6 Å². The summed E-state index contributed by atoms with van der Waals surface area (Å²) in [5, 5.41) is 5.27. The number of carbonyl (C=O) groups is 1. The molecular weight excluding hydrogens is 326 g/mol. The van der Waals surface area contributed by atoms with Gasteiger partial charge < -0.3 is 4.90 Å². The van der Waals surface area contributed by atoms with Gasteiger partial charge in [-0.1, -0.05) is 18.2 Å². The van der Waals surface area contributed by atoms with E-state index in [-0.39, 0.29) is 5.91 Å². The van der Waals surface area contributed by atoms with Crippen molar-refractivity contribution in [1.82, 2.24) is 24.6 Å². The van der Waals surface area contributed by atoms with Crippen LogP contribution in [0.4, 0.5) is 0 Å². The molecule has 2 aromatic heterocycles. The molecule has 0 atom stereocenters. The summed E-state index contributed by atoms with van der Waals surface area (Å²) in [4.78, 5) is 21.8. The number of carbonyl (C=O) groups excluding carboxylic acids is 1. The zero-order valence-corrected chi connectivity index (χ0v) is 15.2. The lowest BCUT2D eigenvalue weighted by Gasteiger charge is -2.35. The van der Waals surface area contributed by atoms with Crippen LogP contribution in [-0.4, -0.2) is 56.7 Å². The van der Waals surface area contributed by atoms with E-state index in [1.807, 2.05) is 60.1 Å². The number of rotatable bonds is 3. The second kappa shape index (κ2) is 6.88. The average molecular weight is 349 g/mol. The van der Waals surface area contributed by atoms with Crippen LogP contribution < -0.4 is 0 Å². The Morgan fingerprint density at radius 2 is 1.88 bits per heavy atom. The fourth-order valence-corrected chi connectivity index (χ4v) is 3.56. The van der Waals surface area contributed by atoms with Crippen LogP contribution in [0.2, 0.25) is 0 Å². The first-order valence-corrected chi connectivity index (χ1v) is 8.96. The van der Waals surface area contributed by atoms with Crippen LogP contribution in [0.3, 0.4) is 0 Å². The highest BCUT2D eigenvalue weighted by molar-refractivity contribution is 6.00. The molecule has 1 aromatic carbocycles. The molecule has 3 aromatic rings. The first kappa shape index (κ1) is 16.7. The first-order chi connectivity index (χ1) is 12.6. The molecule has 4 rings (SSSR count). The molecule has 0 bridgehead atoms. The minimum absolute atomic E-state index is 0.0842. The molecule has 1 aliphatic heterocycles. The molecule has 1 aliphatic rings. The minimum Gasteiger partial charge on any atom is -0.336 e. The fraction of sp³-hybridized carbons (Fsp3) is 0.350. The highest BCUT2D eigenvalue weighted by atomic mass is 16.2. The predicted molar refractivity (Wildman–Crippen MR) is 101 cm³/mol. The molecule has 6 nitrogen and oxygen atoms in total. The van der Waals surface area contributed by atoms with Crippen LogP contribution in [0.15, 0.2) is 42.7 Å². The second-order valence-corrected chi connectivity index (χ2v) is 6.83. The van der Waals surface area contributed by atoms with E-state index < -0.39 is 0 Å². The van der Waals surface area contributed by atoms with Crippen molar-refractivity contribution in [3.63, 3.8) is 0 Å². The van der Waals surface area contributed by atoms with Gasteiger partial charge in [0.25, 0.3) is 5.91 Å². The van der Waals surface area contributed by atoms with Gasteiger partial charge in [-0.2, -0.15) is 5.10 Å². The van der Waals surface area contributed by atoms with E-state index in [2.05, 4.69) is 15.0 Å². The van der Waals surface area contributed by atoms with Crippen molar-refractivity contribution in [1.29, 1.82) is 0 Å². The van der Waals surface area contributed by atoms with Crippen molar-refractivity contribution in [2.75, 3.05) is 26.2 Å². The molecule has 0 N–H and O–H groups in total. The van der Waals surface area contributed by atoms with Gasteiger partial charge in [0.15, 0.2) is 0 Å². The number of hydrogen-bond acceptors (Lipinski definition) is 4. The van der Waals surface area contributed by atoms with Gasteiger partial charge in [0.05, 0.1) is 16.8 Å². The Bertz CT molecular complexity index is 940. The Labute approximate surface area is 153 Å². The number of aromatic nitrogens is 3. The molecule has 3 heterocycles. The Balaban J connectivity index is 1.45. The maximum atomic E-state index is 13.0. The molecular formula is C20H23N5O.